The van der Waals surface area contributed by atoms with Crippen LogP contribution in [0.1, 0.15) is 5.56 Å². The van der Waals surface area contributed by atoms with Gasteiger partial charge in [0.1, 0.15) is 17.7 Å². The number of nitrogens with zero attached hydrogens (tertiary/aromatic N) is 1. The van der Waals surface area contributed by atoms with Crippen molar-refractivity contribution < 1.29 is 33.4 Å². The zero-order valence-electron chi connectivity index (χ0n) is 18.8. The molecule has 0 aliphatic heterocycles. The first-order valence-corrected chi connectivity index (χ1v) is 9.78. The number of Topliss-reactive ketones (excluding diaryl/α,β-unsaturated/α-hetero) is 1. The Balaban J connectivity index is 0.00000385. The Morgan fingerprint density at radius 2 is 1.64 bits per heavy atom. The third kappa shape index (κ3) is 5.39. The zero-order chi connectivity index (χ0) is 23.3. The first-order valence-electron chi connectivity index (χ1n) is 9.78. The molecular weight excluding hydrogens is 452 g/mol. The van der Waals surface area contributed by atoms with Crippen LogP contribution in [-0.2, 0) is 11.2 Å². The first-order chi connectivity index (χ1) is 15.5. The molecule has 178 valence electrons. The van der Waals surface area contributed by atoms with Crippen molar-refractivity contribution >= 4 is 18.2 Å². The molecule has 1 aromatic heterocycles. The number of hydrogen-bond donors (Lipinski definition) is 2. The summed E-state index contributed by atoms with van der Waals surface area (Å²) in [6.07, 6.45) is 1.54. The number of methoxy groups -OCH3 is 4. The molecule has 3 N–H and O–H groups in total. The van der Waals surface area contributed by atoms with Gasteiger partial charge in [0, 0.05) is 23.1 Å². The molecule has 0 aliphatic rings. The van der Waals surface area contributed by atoms with Gasteiger partial charge in [-0.1, -0.05) is 11.2 Å². The van der Waals surface area contributed by atoms with E-state index in [1.807, 2.05) is 12.1 Å². The summed E-state index contributed by atoms with van der Waals surface area (Å²) in [5.74, 6) is 1.68. The molecular formula is C23H27ClN2O7. The van der Waals surface area contributed by atoms with Crippen molar-refractivity contribution in [3.63, 3.8) is 0 Å². The lowest BCUT2D eigenvalue weighted by Gasteiger charge is -2.14. The largest absolute Gasteiger partial charge is 0.496 e. The number of nitrogens with two attached hydrogens (primary N) is 1. The van der Waals surface area contributed by atoms with Crippen molar-refractivity contribution in [3.8, 4) is 45.4 Å². The summed E-state index contributed by atoms with van der Waals surface area (Å²) in [5.41, 5.74) is 9.01. The molecule has 1 unspecified atom stereocenters. The lowest BCUT2D eigenvalue weighted by molar-refractivity contribution is -0.120. The second-order valence-corrected chi connectivity index (χ2v) is 6.95. The molecule has 0 bridgehead atoms. The van der Waals surface area contributed by atoms with Gasteiger partial charge in [-0.2, -0.15) is 0 Å². The van der Waals surface area contributed by atoms with Crippen LogP contribution in [0.3, 0.4) is 0 Å². The Hall–Kier alpha value is -3.27. The number of rotatable bonds is 10. The Labute approximate surface area is 197 Å². The molecule has 0 saturated carbocycles. The molecule has 2 aromatic carbocycles. The van der Waals surface area contributed by atoms with Crippen LogP contribution in [0.5, 0.6) is 23.0 Å². The summed E-state index contributed by atoms with van der Waals surface area (Å²) < 4.78 is 26.9. The zero-order valence-corrected chi connectivity index (χ0v) is 19.6. The Morgan fingerprint density at radius 3 is 2.18 bits per heavy atom. The van der Waals surface area contributed by atoms with Gasteiger partial charge >= 0.3 is 0 Å². The highest BCUT2D eigenvalue weighted by Crippen LogP contribution is 2.43. The molecule has 10 heteroatoms. The fourth-order valence-corrected chi connectivity index (χ4v) is 3.37. The van der Waals surface area contributed by atoms with Crippen molar-refractivity contribution in [1.29, 1.82) is 0 Å². The van der Waals surface area contributed by atoms with Gasteiger partial charge in [-0.25, -0.2) is 0 Å². The average molecular weight is 479 g/mol. The van der Waals surface area contributed by atoms with Crippen molar-refractivity contribution in [2.45, 2.75) is 12.5 Å². The standard InChI is InChI=1S/C23H26N2O7.ClH/c1-28-19-6-5-13(7-14(19)8-18(27)17(24)11-26)16-12-32-25-22(16)15-9-20(29-2)23(31-4)21(10-15)30-3;/h5-7,9-10,12,17,26H,8,11,24H2,1-4H3;1H. The summed E-state index contributed by atoms with van der Waals surface area (Å²) in [6, 6.07) is 8.01. The van der Waals surface area contributed by atoms with Crippen LogP contribution >= 0.6 is 12.4 Å². The monoisotopic (exact) mass is 478 g/mol. The number of halogens is 1. The number of hydrogen-bond acceptors (Lipinski definition) is 9. The molecule has 0 fully saturated rings. The predicted octanol–water partition coefficient (Wildman–Crippen LogP) is 2.90. The van der Waals surface area contributed by atoms with Crippen molar-refractivity contribution in [1.82, 2.24) is 5.16 Å². The van der Waals surface area contributed by atoms with Crippen LogP contribution in [-0.4, -0.2) is 57.1 Å². The van der Waals surface area contributed by atoms with Crippen molar-refractivity contribution in [2.24, 2.45) is 5.73 Å². The highest BCUT2D eigenvalue weighted by atomic mass is 35.5. The van der Waals surface area contributed by atoms with E-state index in [-0.39, 0.29) is 24.6 Å². The minimum Gasteiger partial charge on any atom is -0.496 e. The predicted molar refractivity (Wildman–Crippen MR) is 125 cm³/mol. The van der Waals surface area contributed by atoms with Crippen LogP contribution in [0.15, 0.2) is 41.1 Å². The number of ketones is 1. The van der Waals surface area contributed by atoms with E-state index in [9.17, 15) is 9.90 Å². The van der Waals surface area contributed by atoms with Crippen molar-refractivity contribution in [3.05, 3.63) is 42.2 Å². The van der Waals surface area contributed by atoms with Gasteiger partial charge in [-0.05, 0) is 29.8 Å². The summed E-state index contributed by atoms with van der Waals surface area (Å²) in [6.45, 7) is -0.419. The number of aromatic nitrogens is 1. The lowest BCUT2D eigenvalue weighted by Crippen LogP contribution is -2.35. The quantitative estimate of drug-likeness (QED) is 0.452. The van der Waals surface area contributed by atoms with E-state index >= 15 is 0 Å². The van der Waals surface area contributed by atoms with E-state index in [0.29, 0.717) is 45.4 Å². The van der Waals surface area contributed by atoms with Crippen LogP contribution in [0.2, 0.25) is 0 Å². The van der Waals surface area contributed by atoms with E-state index in [0.717, 1.165) is 5.56 Å². The van der Waals surface area contributed by atoms with E-state index in [1.54, 1.807) is 18.2 Å². The molecule has 3 rings (SSSR count). The fraction of sp³-hybridized carbons (Fsp3) is 0.304. The smallest absolute Gasteiger partial charge is 0.203 e. The van der Waals surface area contributed by atoms with E-state index in [2.05, 4.69) is 5.16 Å². The lowest BCUT2D eigenvalue weighted by atomic mass is 9.96. The summed E-state index contributed by atoms with van der Waals surface area (Å²) >= 11 is 0. The maximum Gasteiger partial charge on any atom is 0.203 e. The number of benzene rings is 2. The molecule has 0 amide bonds. The maximum absolute atomic E-state index is 12.3. The molecule has 3 aromatic rings. The van der Waals surface area contributed by atoms with Crippen LogP contribution in [0.25, 0.3) is 22.4 Å². The van der Waals surface area contributed by atoms with Crippen LogP contribution in [0.4, 0.5) is 0 Å². The third-order valence-electron chi connectivity index (χ3n) is 5.07. The van der Waals surface area contributed by atoms with Gasteiger partial charge in [0.15, 0.2) is 17.3 Å². The maximum atomic E-state index is 12.3. The molecule has 1 heterocycles. The Kier molecular flexibility index (Phi) is 9.10. The molecule has 1 atom stereocenters. The van der Waals surface area contributed by atoms with E-state index < -0.39 is 12.6 Å². The summed E-state index contributed by atoms with van der Waals surface area (Å²) in [4.78, 5) is 12.3. The minimum absolute atomic E-state index is 0. The number of carbonyl (C=O) groups excluding carboxylic acids is 1. The van der Waals surface area contributed by atoms with Crippen molar-refractivity contribution in [2.75, 3.05) is 35.0 Å². The van der Waals surface area contributed by atoms with Gasteiger partial charge in [-0.3, -0.25) is 4.79 Å². The minimum atomic E-state index is -0.950. The third-order valence-corrected chi connectivity index (χ3v) is 5.07. The number of aliphatic hydroxyl groups excluding tert-OH is 1. The number of carbonyl (C=O) groups is 1. The van der Waals surface area contributed by atoms with Crippen LogP contribution < -0.4 is 24.7 Å². The number of ether oxygens (including phenoxy) is 4. The first kappa shape index (κ1) is 26.0. The van der Waals surface area contributed by atoms with Crippen LogP contribution in [0, 0.1) is 0 Å². The molecule has 9 nitrogen and oxygen atoms in total. The van der Waals surface area contributed by atoms with Gasteiger partial charge in [0.05, 0.1) is 41.1 Å². The highest BCUT2D eigenvalue weighted by molar-refractivity contribution is 5.88. The SMILES string of the molecule is COc1ccc(-c2conc2-c2cc(OC)c(OC)c(OC)c2)cc1CC(=O)C(N)CO.Cl. The number of aliphatic hydroxyl groups is 1. The summed E-state index contributed by atoms with van der Waals surface area (Å²) in [7, 11) is 6.13. The highest BCUT2D eigenvalue weighted by Gasteiger charge is 2.21. The van der Waals surface area contributed by atoms with Gasteiger partial charge in [0.2, 0.25) is 5.75 Å². The molecule has 0 spiro atoms. The van der Waals surface area contributed by atoms with E-state index in [1.165, 1.54) is 34.7 Å². The second-order valence-electron chi connectivity index (χ2n) is 6.95. The molecule has 0 aliphatic carbocycles. The second kappa shape index (κ2) is 11.6. The van der Waals surface area contributed by atoms with Gasteiger partial charge in [0.25, 0.3) is 0 Å². The van der Waals surface area contributed by atoms with E-state index in [4.69, 9.17) is 29.2 Å². The van der Waals surface area contributed by atoms with Gasteiger partial charge < -0.3 is 34.3 Å². The van der Waals surface area contributed by atoms with Gasteiger partial charge in [-0.15, -0.1) is 12.4 Å². The molecule has 33 heavy (non-hydrogen) atoms. The topological polar surface area (TPSA) is 126 Å². The molecule has 0 saturated heterocycles. The average Bonchev–Trinajstić information content (AvgIpc) is 3.32. The Bertz CT molecular complexity index is 1080. The Morgan fingerprint density at radius 1 is 1.00 bits per heavy atom. The summed E-state index contributed by atoms with van der Waals surface area (Å²) in [5, 5.41) is 13.3. The fourth-order valence-electron chi connectivity index (χ4n) is 3.37. The molecule has 0 radical (unpaired) electrons. The normalized spacial score (nSPS) is 11.3.